The third kappa shape index (κ3) is 5.87. The fourth-order valence-electron chi connectivity index (χ4n) is 2.37. The second kappa shape index (κ2) is 8.10. The van der Waals surface area contributed by atoms with Crippen molar-refractivity contribution in [3.8, 4) is 0 Å². The van der Waals surface area contributed by atoms with Gasteiger partial charge in [0.05, 0.1) is 0 Å². The van der Waals surface area contributed by atoms with Crippen LogP contribution in [0.15, 0.2) is 0 Å². The molecule has 102 valence electrons. The van der Waals surface area contributed by atoms with E-state index in [1.54, 1.807) is 0 Å². The predicted molar refractivity (Wildman–Crippen MR) is 76.4 cm³/mol. The lowest BCUT2D eigenvalue weighted by Crippen LogP contribution is -2.41. The maximum Gasteiger partial charge on any atom is 0.0110 e. The van der Waals surface area contributed by atoms with Crippen LogP contribution in [0.25, 0.3) is 0 Å². The average Bonchev–Trinajstić information content (AvgIpc) is 3.16. The first-order valence-electron chi connectivity index (χ1n) is 7.66. The van der Waals surface area contributed by atoms with E-state index in [1.807, 2.05) is 0 Å². The summed E-state index contributed by atoms with van der Waals surface area (Å²) < 4.78 is 0. The molecule has 2 atom stereocenters. The molecule has 1 N–H and O–H groups in total. The quantitative estimate of drug-likeness (QED) is 0.630. The van der Waals surface area contributed by atoms with Gasteiger partial charge in [0.1, 0.15) is 0 Å². The Balaban J connectivity index is 2.17. The second-order valence-corrected chi connectivity index (χ2v) is 5.73. The zero-order valence-corrected chi connectivity index (χ0v) is 12.3. The van der Waals surface area contributed by atoms with Gasteiger partial charge in [0.15, 0.2) is 0 Å². The van der Waals surface area contributed by atoms with Crippen LogP contribution in [0, 0.1) is 5.92 Å². The molecule has 0 saturated heterocycles. The Kier molecular flexibility index (Phi) is 7.14. The molecule has 0 spiro atoms. The molecule has 0 aromatic carbocycles. The maximum absolute atomic E-state index is 3.69. The molecule has 1 aliphatic rings. The molecule has 2 nitrogen and oxygen atoms in total. The van der Waals surface area contributed by atoms with E-state index >= 15 is 0 Å². The van der Waals surface area contributed by atoms with Gasteiger partial charge in [-0.15, -0.1) is 0 Å². The van der Waals surface area contributed by atoms with Crippen LogP contribution in [-0.4, -0.2) is 36.6 Å². The second-order valence-electron chi connectivity index (χ2n) is 5.73. The Bertz CT molecular complexity index is 189. The molecule has 2 heteroatoms. The zero-order chi connectivity index (χ0) is 12.7. The van der Waals surface area contributed by atoms with Gasteiger partial charge in [-0.1, -0.05) is 20.3 Å². The summed E-state index contributed by atoms with van der Waals surface area (Å²) in [5.41, 5.74) is 0. The van der Waals surface area contributed by atoms with Crippen LogP contribution in [0.1, 0.15) is 59.8 Å². The highest BCUT2D eigenvalue weighted by Gasteiger charge is 2.27. The molecule has 1 fully saturated rings. The molecule has 1 rings (SSSR count). The average molecular weight is 240 g/mol. The molecule has 0 bridgehead atoms. The molecule has 0 aromatic rings. The highest BCUT2D eigenvalue weighted by Crippen LogP contribution is 2.32. The van der Waals surface area contributed by atoms with Crippen molar-refractivity contribution in [2.45, 2.75) is 71.9 Å². The summed E-state index contributed by atoms with van der Waals surface area (Å²) in [6, 6.07) is 1.47. The Morgan fingerprint density at radius 1 is 1.18 bits per heavy atom. The van der Waals surface area contributed by atoms with E-state index in [0.717, 1.165) is 24.5 Å². The van der Waals surface area contributed by atoms with Gasteiger partial charge in [-0.25, -0.2) is 0 Å². The van der Waals surface area contributed by atoms with Gasteiger partial charge >= 0.3 is 0 Å². The molecule has 2 unspecified atom stereocenters. The minimum atomic E-state index is 0.736. The first kappa shape index (κ1) is 15.0. The third-order valence-electron chi connectivity index (χ3n) is 4.21. The van der Waals surface area contributed by atoms with Gasteiger partial charge in [-0.3, -0.25) is 4.90 Å². The van der Waals surface area contributed by atoms with Crippen LogP contribution >= 0.6 is 0 Å². The fourth-order valence-corrected chi connectivity index (χ4v) is 2.37. The van der Waals surface area contributed by atoms with E-state index in [4.69, 9.17) is 0 Å². The number of nitrogens with zero attached hydrogens (tertiary/aromatic N) is 1. The normalized spacial score (nSPS) is 19.6. The van der Waals surface area contributed by atoms with Crippen LogP contribution in [-0.2, 0) is 0 Å². The third-order valence-corrected chi connectivity index (χ3v) is 4.21. The molecule has 17 heavy (non-hydrogen) atoms. The van der Waals surface area contributed by atoms with E-state index in [2.05, 4.69) is 37.9 Å². The van der Waals surface area contributed by atoms with Crippen molar-refractivity contribution in [2.75, 3.05) is 19.6 Å². The Labute approximate surface area is 108 Å². The van der Waals surface area contributed by atoms with Crippen molar-refractivity contribution < 1.29 is 0 Å². The summed E-state index contributed by atoms with van der Waals surface area (Å²) in [4.78, 5) is 2.65. The molecular formula is C15H32N2. The summed E-state index contributed by atoms with van der Waals surface area (Å²) >= 11 is 0. The van der Waals surface area contributed by atoms with Crippen LogP contribution in [0.4, 0.5) is 0 Å². The van der Waals surface area contributed by atoms with Gasteiger partial charge in [0.2, 0.25) is 0 Å². The van der Waals surface area contributed by atoms with Crippen molar-refractivity contribution >= 4 is 0 Å². The highest BCUT2D eigenvalue weighted by molar-refractivity contribution is 4.83. The van der Waals surface area contributed by atoms with Crippen LogP contribution in [0.2, 0.25) is 0 Å². The number of nitrogens with one attached hydrogen (secondary N) is 1. The largest absolute Gasteiger partial charge is 0.313 e. The topological polar surface area (TPSA) is 15.3 Å². The lowest BCUT2D eigenvalue weighted by atomic mass is 10.2. The first-order valence-corrected chi connectivity index (χ1v) is 7.66. The zero-order valence-electron chi connectivity index (χ0n) is 12.3. The Hall–Kier alpha value is -0.0800. The molecule has 0 heterocycles. The molecule has 0 amide bonds. The summed E-state index contributed by atoms with van der Waals surface area (Å²) in [5.74, 6) is 0.975. The molecule has 1 saturated carbocycles. The minimum absolute atomic E-state index is 0.736. The lowest BCUT2D eigenvalue weighted by molar-refractivity contribution is 0.198. The summed E-state index contributed by atoms with van der Waals surface area (Å²) in [7, 11) is 0. The highest BCUT2D eigenvalue weighted by atomic mass is 15.2. The van der Waals surface area contributed by atoms with Gasteiger partial charge in [-0.2, -0.15) is 0 Å². The first-order chi connectivity index (χ1) is 8.19. The lowest BCUT2D eigenvalue weighted by Gasteiger charge is -2.29. The summed E-state index contributed by atoms with van der Waals surface area (Å²) in [5, 5.41) is 3.69. The smallest absolute Gasteiger partial charge is 0.0110 e. The monoisotopic (exact) mass is 240 g/mol. The van der Waals surface area contributed by atoms with Gasteiger partial charge < -0.3 is 5.32 Å². The molecule has 0 radical (unpaired) electrons. The number of unbranched alkanes of at least 4 members (excludes halogenated alkanes) is 1. The van der Waals surface area contributed by atoms with Crippen LogP contribution in [0.3, 0.4) is 0 Å². The van der Waals surface area contributed by atoms with Gasteiger partial charge in [0.25, 0.3) is 0 Å². The van der Waals surface area contributed by atoms with Crippen LogP contribution < -0.4 is 5.32 Å². The SMILES string of the molecule is CCCCN(CCNC(C)C1CC1)C(C)CC. The van der Waals surface area contributed by atoms with Crippen molar-refractivity contribution in [3.63, 3.8) is 0 Å². The van der Waals surface area contributed by atoms with Crippen molar-refractivity contribution in [1.82, 2.24) is 10.2 Å². The van der Waals surface area contributed by atoms with Crippen molar-refractivity contribution in [2.24, 2.45) is 5.92 Å². The van der Waals surface area contributed by atoms with E-state index in [0.29, 0.717) is 0 Å². The van der Waals surface area contributed by atoms with E-state index < -0.39 is 0 Å². The van der Waals surface area contributed by atoms with E-state index in [1.165, 1.54) is 45.2 Å². The number of hydrogen-bond acceptors (Lipinski definition) is 2. The summed E-state index contributed by atoms with van der Waals surface area (Å²) in [6.07, 6.45) is 6.79. The molecule has 1 aliphatic carbocycles. The number of rotatable bonds is 10. The number of hydrogen-bond donors (Lipinski definition) is 1. The minimum Gasteiger partial charge on any atom is -0.313 e. The molecule has 0 aliphatic heterocycles. The maximum atomic E-state index is 3.69. The predicted octanol–water partition coefficient (Wildman–Crippen LogP) is 3.28. The van der Waals surface area contributed by atoms with Crippen molar-refractivity contribution in [1.29, 1.82) is 0 Å². The van der Waals surface area contributed by atoms with E-state index in [9.17, 15) is 0 Å². The van der Waals surface area contributed by atoms with Gasteiger partial charge in [0, 0.05) is 25.2 Å². The molecule has 0 aromatic heterocycles. The summed E-state index contributed by atoms with van der Waals surface area (Å²) in [6.45, 7) is 12.9. The Morgan fingerprint density at radius 3 is 2.41 bits per heavy atom. The molecular weight excluding hydrogens is 208 g/mol. The van der Waals surface area contributed by atoms with Gasteiger partial charge in [-0.05, 0) is 52.0 Å². The Morgan fingerprint density at radius 2 is 1.88 bits per heavy atom. The van der Waals surface area contributed by atoms with E-state index in [-0.39, 0.29) is 0 Å². The standard InChI is InChI=1S/C15H32N2/c1-5-7-11-17(13(3)6-2)12-10-16-14(4)15-8-9-15/h13-16H,5-12H2,1-4H3. The fraction of sp³-hybridized carbons (Fsp3) is 1.00. The van der Waals surface area contributed by atoms with Crippen LogP contribution in [0.5, 0.6) is 0 Å². The van der Waals surface area contributed by atoms with Crippen molar-refractivity contribution in [3.05, 3.63) is 0 Å².